The molecule has 0 saturated carbocycles. The zero-order chi connectivity index (χ0) is 12.6. The molecule has 6 heteroatoms. The smallest absolute Gasteiger partial charge is 0.347 e. The number of aliphatic hydroxyl groups excluding tert-OH is 1. The van der Waals surface area contributed by atoms with E-state index >= 15 is 0 Å². The van der Waals surface area contributed by atoms with Gasteiger partial charge in [0.2, 0.25) is 0 Å². The summed E-state index contributed by atoms with van der Waals surface area (Å²) in [4.78, 5) is 4.20. The summed E-state index contributed by atoms with van der Waals surface area (Å²) in [6.07, 6.45) is -2.12. The van der Waals surface area contributed by atoms with Crippen LogP contribution in [-0.2, 0) is 11.8 Å². The lowest BCUT2D eigenvalue weighted by molar-refractivity contribution is -0.0398. The van der Waals surface area contributed by atoms with Crippen LogP contribution in [0.15, 0.2) is 5.38 Å². The fraction of sp³-hybridized carbons (Fsp3) is 0.700. The first-order valence-corrected chi connectivity index (χ1v) is 6.06. The fourth-order valence-electron chi connectivity index (χ4n) is 1.03. The number of alkyl halides is 3. The second-order valence-corrected chi connectivity index (χ2v) is 6.08. The van der Waals surface area contributed by atoms with Gasteiger partial charge >= 0.3 is 5.38 Å². The van der Waals surface area contributed by atoms with E-state index in [-0.39, 0.29) is 11.8 Å². The van der Waals surface area contributed by atoms with E-state index in [1.165, 1.54) is 11.3 Å². The third-order valence-electron chi connectivity index (χ3n) is 2.07. The van der Waals surface area contributed by atoms with E-state index in [9.17, 15) is 8.78 Å². The third-order valence-corrected chi connectivity index (χ3v) is 3.19. The summed E-state index contributed by atoms with van der Waals surface area (Å²) in [5, 5.41) is 7.82. The van der Waals surface area contributed by atoms with Crippen LogP contribution in [0.3, 0.4) is 0 Å². The predicted octanol–water partition coefficient (Wildman–Crippen LogP) is 3.18. The lowest BCUT2D eigenvalue weighted by Crippen LogP contribution is -2.29. The molecule has 1 rings (SSSR count). The molecule has 0 bridgehead atoms. The van der Waals surface area contributed by atoms with Crippen LogP contribution >= 0.6 is 22.9 Å². The molecule has 0 fully saturated rings. The van der Waals surface area contributed by atoms with Gasteiger partial charge in [-0.3, -0.25) is 0 Å². The summed E-state index contributed by atoms with van der Waals surface area (Å²) in [6.45, 7) is 5.95. The van der Waals surface area contributed by atoms with Crippen molar-refractivity contribution in [1.82, 2.24) is 4.98 Å². The van der Waals surface area contributed by atoms with Gasteiger partial charge in [-0.05, 0) is 11.6 Å². The summed E-state index contributed by atoms with van der Waals surface area (Å²) >= 11 is 5.98. The molecule has 0 amide bonds. The highest BCUT2D eigenvalue weighted by molar-refractivity contribution is 7.09. The number of nitrogens with zero attached hydrogens (tertiary/aromatic N) is 1. The maximum atomic E-state index is 12.5. The lowest BCUT2D eigenvalue weighted by atomic mass is 9.93. The Labute approximate surface area is 102 Å². The first kappa shape index (κ1) is 13.8. The Morgan fingerprint density at radius 2 is 2.06 bits per heavy atom. The van der Waals surface area contributed by atoms with E-state index in [0.29, 0.717) is 5.01 Å². The number of rotatable bonds is 3. The Kier molecular flexibility index (Phi) is 3.92. The summed E-state index contributed by atoms with van der Waals surface area (Å²) in [7, 11) is 0. The van der Waals surface area contributed by atoms with Gasteiger partial charge in [-0.1, -0.05) is 20.8 Å². The quantitative estimate of drug-likeness (QED) is 0.855. The molecule has 1 N–H and O–H groups in total. The predicted molar refractivity (Wildman–Crippen MR) is 61.3 cm³/mol. The largest absolute Gasteiger partial charge is 0.385 e. The number of aromatic nitrogens is 1. The molecular formula is C10H14ClF2NOS. The van der Waals surface area contributed by atoms with E-state index in [2.05, 4.69) is 4.98 Å². The van der Waals surface area contributed by atoms with Gasteiger partial charge in [0.15, 0.2) is 0 Å². The zero-order valence-electron chi connectivity index (χ0n) is 9.30. The zero-order valence-corrected chi connectivity index (χ0v) is 10.9. The number of thiazole rings is 1. The Morgan fingerprint density at radius 1 is 1.50 bits per heavy atom. The van der Waals surface area contributed by atoms with Gasteiger partial charge in [0, 0.05) is 17.2 Å². The molecule has 16 heavy (non-hydrogen) atoms. The highest BCUT2D eigenvalue weighted by Crippen LogP contribution is 2.29. The summed E-state index contributed by atoms with van der Waals surface area (Å²) in [6, 6.07) is 0. The lowest BCUT2D eigenvalue weighted by Gasteiger charge is -2.15. The maximum absolute atomic E-state index is 12.5. The summed E-state index contributed by atoms with van der Waals surface area (Å²) in [5.41, 5.74) is 0.709. The van der Waals surface area contributed by atoms with Crippen LogP contribution in [0, 0.1) is 0 Å². The highest BCUT2D eigenvalue weighted by Gasteiger charge is 2.36. The third kappa shape index (κ3) is 3.64. The summed E-state index contributed by atoms with van der Waals surface area (Å²) in [5.74, 6) is 0. The van der Waals surface area contributed by atoms with E-state index in [1.807, 2.05) is 26.2 Å². The molecule has 0 saturated heterocycles. The van der Waals surface area contributed by atoms with Gasteiger partial charge in [-0.25, -0.2) is 4.98 Å². The number of hydrogen-bond acceptors (Lipinski definition) is 3. The van der Waals surface area contributed by atoms with Crippen LogP contribution in [0.2, 0.25) is 0 Å². The van der Waals surface area contributed by atoms with Crippen molar-refractivity contribution in [2.45, 2.75) is 44.1 Å². The Hall–Kier alpha value is -0.260. The minimum atomic E-state index is -3.60. The molecule has 0 aliphatic rings. The number of halogens is 3. The van der Waals surface area contributed by atoms with Crippen LogP contribution in [0.5, 0.6) is 0 Å². The molecule has 2 nitrogen and oxygen atoms in total. The molecule has 92 valence electrons. The normalized spacial score (nSPS) is 15.2. The van der Waals surface area contributed by atoms with Crippen molar-refractivity contribution in [3.05, 3.63) is 16.1 Å². The average Bonchev–Trinajstić information content (AvgIpc) is 2.49. The second kappa shape index (κ2) is 4.55. The van der Waals surface area contributed by atoms with Crippen molar-refractivity contribution >= 4 is 22.9 Å². The van der Waals surface area contributed by atoms with E-state index in [4.69, 9.17) is 16.7 Å². The molecule has 0 radical (unpaired) electrons. The SMILES string of the molecule is CC(C)(C)c1csc(CC(O)C(F)(F)Cl)n1. The maximum Gasteiger partial charge on any atom is 0.347 e. The van der Waals surface area contributed by atoms with Gasteiger partial charge in [-0.15, -0.1) is 11.3 Å². The van der Waals surface area contributed by atoms with Crippen LogP contribution in [0.4, 0.5) is 8.78 Å². The fourth-order valence-corrected chi connectivity index (χ4v) is 2.17. The molecule has 0 aromatic carbocycles. The van der Waals surface area contributed by atoms with Gasteiger partial charge in [0.1, 0.15) is 6.10 Å². The average molecular weight is 270 g/mol. The minimum Gasteiger partial charge on any atom is -0.385 e. The number of hydrogen-bond donors (Lipinski definition) is 1. The number of aliphatic hydroxyl groups is 1. The molecule has 1 atom stereocenters. The topological polar surface area (TPSA) is 33.1 Å². The second-order valence-electron chi connectivity index (χ2n) is 4.64. The van der Waals surface area contributed by atoms with Crippen molar-refractivity contribution in [1.29, 1.82) is 0 Å². The molecular weight excluding hydrogens is 256 g/mol. The Bertz CT molecular complexity index is 356. The first-order chi connectivity index (χ1) is 7.10. The minimum absolute atomic E-state index is 0.122. The van der Waals surface area contributed by atoms with Gasteiger partial charge in [-0.2, -0.15) is 8.78 Å². The molecule has 0 spiro atoms. The molecule has 1 aromatic rings. The van der Waals surface area contributed by atoms with E-state index in [0.717, 1.165) is 5.69 Å². The van der Waals surface area contributed by atoms with Crippen molar-refractivity contribution in [3.63, 3.8) is 0 Å². The molecule has 0 aliphatic heterocycles. The van der Waals surface area contributed by atoms with E-state index in [1.54, 1.807) is 0 Å². The Balaban J connectivity index is 2.74. The highest BCUT2D eigenvalue weighted by atomic mass is 35.5. The standard InChI is InChI=1S/C10H14ClF2NOS/c1-9(2,3)6-5-16-8(14-6)4-7(15)10(11,12)13/h5,7,15H,4H2,1-3H3. The van der Waals surface area contributed by atoms with Crippen molar-refractivity contribution in [2.75, 3.05) is 0 Å². The van der Waals surface area contributed by atoms with Crippen molar-refractivity contribution < 1.29 is 13.9 Å². The molecule has 1 aromatic heterocycles. The van der Waals surface area contributed by atoms with Gasteiger partial charge in [0.05, 0.1) is 10.7 Å². The monoisotopic (exact) mass is 269 g/mol. The van der Waals surface area contributed by atoms with Crippen molar-refractivity contribution in [2.24, 2.45) is 0 Å². The molecule has 1 unspecified atom stereocenters. The van der Waals surface area contributed by atoms with Gasteiger partial charge < -0.3 is 5.11 Å². The molecule has 1 heterocycles. The molecule has 0 aliphatic carbocycles. The first-order valence-electron chi connectivity index (χ1n) is 4.80. The summed E-state index contributed by atoms with van der Waals surface area (Å²) < 4.78 is 25.1. The van der Waals surface area contributed by atoms with Crippen molar-refractivity contribution in [3.8, 4) is 0 Å². The van der Waals surface area contributed by atoms with Crippen LogP contribution < -0.4 is 0 Å². The Morgan fingerprint density at radius 3 is 2.44 bits per heavy atom. The van der Waals surface area contributed by atoms with Gasteiger partial charge in [0.25, 0.3) is 0 Å². The van der Waals surface area contributed by atoms with E-state index < -0.39 is 11.5 Å². The van der Waals surface area contributed by atoms with Crippen LogP contribution in [0.25, 0.3) is 0 Å². The van der Waals surface area contributed by atoms with Crippen LogP contribution in [-0.4, -0.2) is 21.6 Å². The van der Waals surface area contributed by atoms with Crippen LogP contribution in [0.1, 0.15) is 31.5 Å².